The molecule has 1 aromatic carbocycles. The molecular weight excluding hydrogens is 228 g/mol. The van der Waals surface area contributed by atoms with Gasteiger partial charge in [0.1, 0.15) is 11.5 Å². The average molecular weight is 244 g/mol. The lowest BCUT2D eigenvalue weighted by Crippen LogP contribution is -2.38. The number of hydrogen-bond acceptors (Lipinski definition) is 4. The molecule has 0 saturated carbocycles. The Morgan fingerprint density at radius 3 is 2.89 bits per heavy atom. The highest BCUT2D eigenvalue weighted by Crippen LogP contribution is 2.33. The van der Waals surface area contributed by atoms with Gasteiger partial charge in [-0.25, -0.2) is 5.43 Å². The van der Waals surface area contributed by atoms with E-state index in [4.69, 9.17) is 15.0 Å². The van der Waals surface area contributed by atoms with Gasteiger partial charge < -0.3 is 9.15 Å². The van der Waals surface area contributed by atoms with Crippen LogP contribution in [0.4, 0.5) is 0 Å². The molecule has 2 atom stereocenters. The molecule has 4 nitrogen and oxygen atoms in total. The standard InChI is InChI=1S/C14H16N2O2/c15-16-14(13-6-3-7-17-13)11-8-10-4-1-2-5-12(10)18-9-11/h1-7,11,14,16H,8-9,15H2. The number of ether oxygens (including phenoxy) is 1. The molecule has 1 aliphatic heterocycles. The average Bonchev–Trinajstić information content (AvgIpc) is 2.93. The van der Waals surface area contributed by atoms with E-state index in [9.17, 15) is 0 Å². The number of nitrogens with two attached hydrogens (primary N) is 1. The maximum Gasteiger partial charge on any atom is 0.122 e. The smallest absolute Gasteiger partial charge is 0.122 e. The van der Waals surface area contributed by atoms with Crippen molar-refractivity contribution in [3.63, 3.8) is 0 Å². The van der Waals surface area contributed by atoms with Crippen molar-refractivity contribution in [2.24, 2.45) is 11.8 Å². The van der Waals surface area contributed by atoms with E-state index in [1.165, 1.54) is 5.56 Å². The largest absolute Gasteiger partial charge is 0.493 e. The van der Waals surface area contributed by atoms with Gasteiger partial charge in [0.15, 0.2) is 0 Å². The van der Waals surface area contributed by atoms with Gasteiger partial charge in [0, 0.05) is 5.92 Å². The van der Waals surface area contributed by atoms with Crippen LogP contribution in [0.25, 0.3) is 0 Å². The van der Waals surface area contributed by atoms with Gasteiger partial charge in [-0.1, -0.05) is 18.2 Å². The highest BCUT2D eigenvalue weighted by molar-refractivity contribution is 5.35. The SMILES string of the molecule is NNC(c1ccco1)C1COc2ccccc2C1. The van der Waals surface area contributed by atoms with Crippen molar-refractivity contribution < 1.29 is 9.15 Å². The van der Waals surface area contributed by atoms with E-state index < -0.39 is 0 Å². The molecule has 18 heavy (non-hydrogen) atoms. The van der Waals surface area contributed by atoms with Crippen LogP contribution in [0.2, 0.25) is 0 Å². The molecule has 0 amide bonds. The molecule has 3 rings (SSSR count). The summed E-state index contributed by atoms with van der Waals surface area (Å²) in [5.41, 5.74) is 4.05. The Hall–Kier alpha value is -1.78. The van der Waals surface area contributed by atoms with Gasteiger partial charge in [-0.15, -0.1) is 0 Å². The summed E-state index contributed by atoms with van der Waals surface area (Å²) in [5.74, 6) is 7.75. The molecule has 0 bridgehead atoms. The normalized spacial score (nSPS) is 19.9. The van der Waals surface area contributed by atoms with Gasteiger partial charge >= 0.3 is 0 Å². The lowest BCUT2D eigenvalue weighted by molar-refractivity contribution is 0.173. The summed E-state index contributed by atoms with van der Waals surface area (Å²) in [4.78, 5) is 0. The molecule has 2 heterocycles. The highest BCUT2D eigenvalue weighted by atomic mass is 16.5. The predicted molar refractivity (Wildman–Crippen MR) is 67.9 cm³/mol. The first-order valence-electron chi connectivity index (χ1n) is 6.08. The molecule has 0 radical (unpaired) electrons. The van der Waals surface area contributed by atoms with Crippen molar-refractivity contribution in [1.29, 1.82) is 0 Å². The number of fused-ring (bicyclic) bond motifs is 1. The van der Waals surface area contributed by atoms with Crippen LogP contribution in [0.5, 0.6) is 5.75 Å². The van der Waals surface area contributed by atoms with E-state index in [1.54, 1.807) is 6.26 Å². The van der Waals surface area contributed by atoms with Gasteiger partial charge in [0.2, 0.25) is 0 Å². The van der Waals surface area contributed by atoms with Crippen LogP contribution in [0.1, 0.15) is 17.4 Å². The zero-order chi connectivity index (χ0) is 12.4. The second-order valence-electron chi connectivity index (χ2n) is 4.54. The minimum Gasteiger partial charge on any atom is -0.493 e. The summed E-state index contributed by atoms with van der Waals surface area (Å²) < 4.78 is 11.2. The number of nitrogens with one attached hydrogen (secondary N) is 1. The van der Waals surface area contributed by atoms with Crippen LogP contribution in [0.15, 0.2) is 47.1 Å². The Labute approximate surface area is 106 Å². The van der Waals surface area contributed by atoms with E-state index in [0.29, 0.717) is 6.61 Å². The Bertz CT molecular complexity index is 510. The summed E-state index contributed by atoms with van der Waals surface area (Å²) in [6.45, 7) is 0.645. The Kier molecular flexibility index (Phi) is 3.04. The number of hydrogen-bond donors (Lipinski definition) is 2. The van der Waals surface area contributed by atoms with Crippen LogP contribution in [-0.4, -0.2) is 6.61 Å². The summed E-state index contributed by atoms with van der Waals surface area (Å²) in [6.07, 6.45) is 2.60. The van der Waals surface area contributed by atoms with Crippen molar-refractivity contribution >= 4 is 0 Å². The van der Waals surface area contributed by atoms with Crippen molar-refractivity contribution in [2.75, 3.05) is 6.61 Å². The zero-order valence-corrected chi connectivity index (χ0v) is 10.0. The fourth-order valence-corrected chi connectivity index (χ4v) is 2.48. The van der Waals surface area contributed by atoms with E-state index in [-0.39, 0.29) is 12.0 Å². The van der Waals surface area contributed by atoms with Crippen LogP contribution in [0.3, 0.4) is 0 Å². The number of para-hydroxylation sites is 1. The molecule has 1 aromatic heterocycles. The maximum absolute atomic E-state index is 5.78. The van der Waals surface area contributed by atoms with Gasteiger partial charge in [-0.3, -0.25) is 5.84 Å². The molecule has 1 aliphatic rings. The topological polar surface area (TPSA) is 60.4 Å². The molecule has 2 unspecified atom stereocenters. The number of hydrazine groups is 1. The summed E-state index contributed by atoms with van der Waals surface area (Å²) in [7, 11) is 0. The molecule has 0 saturated heterocycles. The van der Waals surface area contributed by atoms with Crippen LogP contribution in [-0.2, 0) is 6.42 Å². The van der Waals surface area contributed by atoms with Crippen LogP contribution in [0, 0.1) is 5.92 Å². The Morgan fingerprint density at radius 2 is 2.11 bits per heavy atom. The fourth-order valence-electron chi connectivity index (χ4n) is 2.48. The first-order chi connectivity index (χ1) is 8.88. The Balaban J connectivity index is 1.82. The third-order valence-electron chi connectivity index (χ3n) is 3.41. The summed E-state index contributed by atoms with van der Waals surface area (Å²) >= 11 is 0. The van der Waals surface area contributed by atoms with Crippen LogP contribution < -0.4 is 16.0 Å². The van der Waals surface area contributed by atoms with Crippen LogP contribution >= 0.6 is 0 Å². The molecule has 0 aliphatic carbocycles. The lowest BCUT2D eigenvalue weighted by Gasteiger charge is -2.30. The predicted octanol–water partition coefficient (Wildman–Crippen LogP) is 2.04. The summed E-state index contributed by atoms with van der Waals surface area (Å²) in [6, 6.07) is 11.9. The number of benzene rings is 1. The van der Waals surface area contributed by atoms with Gasteiger partial charge in [0.05, 0.1) is 18.9 Å². The molecule has 0 spiro atoms. The monoisotopic (exact) mass is 244 g/mol. The fraction of sp³-hybridized carbons (Fsp3) is 0.286. The van der Waals surface area contributed by atoms with Gasteiger partial charge in [-0.2, -0.15) is 0 Å². The van der Waals surface area contributed by atoms with Crippen molar-refractivity contribution in [1.82, 2.24) is 5.43 Å². The van der Waals surface area contributed by atoms with E-state index in [2.05, 4.69) is 11.5 Å². The third kappa shape index (κ3) is 2.00. The Morgan fingerprint density at radius 1 is 1.22 bits per heavy atom. The first kappa shape index (κ1) is 11.3. The minimum absolute atomic E-state index is 0.0200. The van der Waals surface area contributed by atoms with Crippen molar-refractivity contribution in [3.05, 3.63) is 54.0 Å². The molecule has 94 valence electrons. The van der Waals surface area contributed by atoms with Crippen molar-refractivity contribution in [2.45, 2.75) is 12.5 Å². The van der Waals surface area contributed by atoms with Crippen molar-refractivity contribution in [3.8, 4) is 5.75 Å². The number of furan rings is 1. The molecule has 0 fully saturated rings. The summed E-state index contributed by atoms with van der Waals surface area (Å²) in [5, 5.41) is 0. The highest BCUT2D eigenvalue weighted by Gasteiger charge is 2.29. The molecule has 3 N–H and O–H groups in total. The van der Waals surface area contributed by atoms with E-state index in [0.717, 1.165) is 17.9 Å². The molecule has 2 aromatic rings. The minimum atomic E-state index is -0.0200. The third-order valence-corrected chi connectivity index (χ3v) is 3.41. The number of rotatable bonds is 3. The molecular formula is C14H16N2O2. The first-order valence-corrected chi connectivity index (χ1v) is 6.08. The lowest BCUT2D eigenvalue weighted by atomic mass is 9.89. The van der Waals surface area contributed by atoms with E-state index in [1.807, 2.05) is 30.3 Å². The van der Waals surface area contributed by atoms with Gasteiger partial charge in [-0.05, 0) is 30.2 Å². The second kappa shape index (κ2) is 4.84. The quantitative estimate of drug-likeness (QED) is 0.640. The second-order valence-corrected chi connectivity index (χ2v) is 4.54. The van der Waals surface area contributed by atoms with E-state index >= 15 is 0 Å². The maximum atomic E-state index is 5.78. The zero-order valence-electron chi connectivity index (χ0n) is 10.0. The van der Waals surface area contributed by atoms with Gasteiger partial charge in [0.25, 0.3) is 0 Å². The molecule has 4 heteroatoms.